The minimum Gasteiger partial charge on any atom is -0.497 e. The van der Waals surface area contributed by atoms with Crippen LogP contribution in [0.5, 0.6) is 11.5 Å². The summed E-state index contributed by atoms with van der Waals surface area (Å²) in [5.41, 5.74) is 8.84. The van der Waals surface area contributed by atoms with Gasteiger partial charge in [0.25, 0.3) is 0 Å². The lowest BCUT2D eigenvalue weighted by atomic mass is 10.0. The van der Waals surface area contributed by atoms with E-state index in [9.17, 15) is 0 Å². The molecule has 3 nitrogen and oxygen atoms in total. The fourth-order valence-corrected chi connectivity index (χ4v) is 1.90. The van der Waals surface area contributed by atoms with E-state index in [2.05, 4.69) is 0 Å². The van der Waals surface area contributed by atoms with Crippen molar-refractivity contribution in [2.24, 2.45) is 5.73 Å². The summed E-state index contributed by atoms with van der Waals surface area (Å²) in [6.07, 6.45) is 0. The van der Waals surface area contributed by atoms with Gasteiger partial charge in [0.2, 0.25) is 0 Å². The smallest absolute Gasteiger partial charge is 0.126 e. The van der Waals surface area contributed by atoms with Gasteiger partial charge in [-0.15, -0.1) is 0 Å². The molecule has 0 aliphatic carbocycles. The van der Waals surface area contributed by atoms with E-state index in [0.29, 0.717) is 6.54 Å². The molecule has 2 aromatic rings. The third-order valence-corrected chi connectivity index (χ3v) is 2.88. The zero-order valence-corrected chi connectivity index (χ0v) is 10.6. The summed E-state index contributed by atoms with van der Waals surface area (Å²) in [5, 5.41) is 0. The zero-order chi connectivity index (χ0) is 13.0. The van der Waals surface area contributed by atoms with Crippen molar-refractivity contribution in [3.8, 4) is 22.6 Å². The topological polar surface area (TPSA) is 44.5 Å². The second-order valence-electron chi connectivity index (χ2n) is 3.97. The molecule has 0 spiro atoms. The summed E-state index contributed by atoms with van der Waals surface area (Å²) in [7, 11) is 3.33. The van der Waals surface area contributed by atoms with E-state index in [1.165, 1.54) is 0 Å². The molecule has 0 saturated carbocycles. The van der Waals surface area contributed by atoms with E-state index in [1.54, 1.807) is 14.2 Å². The first-order chi connectivity index (χ1) is 8.78. The van der Waals surface area contributed by atoms with E-state index in [0.717, 1.165) is 28.2 Å². The SMILES string of the molecule is COc1cccc(-c2cc(CN)ccc2OC)c1. The van der Waals surface area contributed by atoms with Gasteiger partial charge in [-0.3, -0.25) is 0 Å². The third-order valence-electron chi connectivity index (χ3n) is 2.88. The Morgan fingerprint density at radius 2 is 1.83 bits per heavy atom. The normalized spacial score (nSPS) is 10.2. The maximum absolute atomic E-state index is 5.68. The van der Waals surface area contributed by atoms with Gasteiger partial charge in [-0.05, 0) is 35.4 Å². The fourth-order valence-electron chi connectivity index (χ4n) is 1.90. The molecule has 94 valence electrons. The predicted molar refractivity (Wildman–Crippen MR) is 72.9 cm³/mol. The van der Waals surface area contributed by atoms with Crippen LogP contribution in [0.25, 0.3) is 11.1 Å². The highest BCUT2D eigenvalue weighted by Crippen LogP contribution is 2.32. The van der Waals surface area contributed by atoms with Gasteiger partial charge in [0.05, 0.1) is 14.2 Å². The van der Waals surface area contributed by atoms with Crippen LogP contribution in [0, 0.1) is 0 Å². The summed E-state index contributed by atoms with van der Waals surface area (Å²) >= 11 is 0. The second kappa shape index (κ2) is 5.56. The highest BCUT2D eigenvalue weighted by Gasteiger charge is 2.07. The molecule has 2 N–H and O–H groups in total. The van der Waals surface area contributed by atoms with E-state index >= 15 is 0 Å². The summed E-state index contributed by atoms with van der Waals surface area (Å²) in [4.78, 5) is 0. The quantitative estimate of drug-likeness (QED) is 0.898. The molecule has 3 heteroatoms. The molecule has 0 saturated heterocycles. The maximum atomic E-state index is 5.68. The molecule has 0 heterocycles. The van der Waals surface area contributed by atoms with Crippen molar-refractivity contribution in [1.82, 2.24) is 0 Å². The lowest BCUT2D eigenvalue weighted by Gasteiger charge is -2.11. The molecule has 0 amide bonds. The second-order valence-corrected chi connectivity index (χ2v) is 3.97. The first-order valence-corrected chi connectivity index (χ1v) is 5.80. The van der Waals surface area contributed by atoms with E-state index in [4.69, 9.17) is 15.2 Å². The molecule has 0 atom stereocenters. The number of hydrogen-bond donors (Lipinski definition) is 1. The minimum atomic E-state index is 0.515. The Kier molecular flexibility index (Phi) is 3.85. The number of benzene rings is 2. The molecule has 2 rings (SSSR count). The van der Waals surface area contributed by atoms with Crippen molar-refractivity contribution in [2.75, 3.05) is 14.2 Å². The summed E-state index contributed by atoms with van der Waals surface area (Å²) in [6, 6.07) is 13.9. The zero-order valence-electron chi connectivity index (χ0n) is 10.6. The van der Waals surface area contributed by atoms with Gasteiger partial charge in [0.15, 0.2) is 0 Å². The average molecular weight is 243 g/mol. The van der Waals surface area contributed by atoms with Crippen molar-refractivity contribution in [3.05, 3.63) is 48.0 Å². The number of rotatable bonds is 4. The lowest BCUT2D eigenvalue weighted by molar-refractivity contribution is 0.413. The Balaban J connectivity index is 2.53. The summed E-state index contributed by atoms with van der Waals surface area (Å²) in [6.45, 7) is 0.515. The highest BCUT2D eigenvalue weighted by molar-refractivity contribution is 5.72. The van der Waals surface area contributed by atoms with Crippen molar-refractivity contribution in [3.63, 3.8) is 0 Å². The number of methoxy groups -OCH3 is 2. The van der Waals surface area contributed by atoms with Crippen molar-refractivity contribution >= 4 is 0 Å². The van der Waals surface area contributed by atoms with Crippen LogP contribution in [-0.4, -0.2) is 14.2 Å². The molecule has 0 fully saturated rings. The summed E-state index contributed by atoms with van der Waals surface area (Å²) < 4.78 is 10.6. The number of nitrogens with two attached hydrogens (primary N) is 1. The highest BCUT2D eigenvalue weighted by atomic mass is 16.5. The molecule has 0 radical (unpaired) electrons. The third kappa shape index (κ3) is 2.46. The summed E-state index contributed by atoms with van der Waals surface area (Å²) in [5.74, 6) is 1.66. The molecule has 0 aromatic heterocycles. The first kappa shape index (κ1) is 12.5. The Morgan fingerprint density at radius 1 is 1.00 bits per heavy atom. The Hall–Kier alpha value is -2.00. The average Bonchev–Trinajstić information content (AvgIpc) is 2.46. The molecule has 18 heavy (non-hydrogen) atoms. The maximum Gasteiger partial charge on any atom is 0.126 e. The van der Waals surface area contributed by atoms with Crippen LogP contribution in [-0.2, 0) is 6.54 Å². The molecule has 0 bridgehead atoms. The monoisotopic (exact) mass is 243 g/mol. The molecule has 0 aliphatic rings. The van der Waals surface area contributed by atoms with Crippen LogP contribution >= 0.6 is 0 Å². The van der Waals surface area contributed by atoms with Crippen molar-refractivity contribution in [1.29, 1.82) is 0 Å². The standard InChI is InChI=1S/C15H17NO2/c1-17-13-5-3-4-12(9-13)14-8-11(10-16)6-7-15(14)18-2/h3-9H,10,16H2,1-2H3. The van der Waals surface area contributed by atoms with Crippen LogP contribution in [0.2, 0.25) is 0 Å². The van der Waals surface area contributed by atoms with Crippen LogP contribution in [0.1, 0.15) is 5.56 Å². The fraction of sp³-hybridized carbons (Fsp3) is 0.200. The predicted octanol–water partition coefficient (Wildman–Crippen LogP) is 2.83. The van der Waals surface area contributed by atoms with Gasteiger partial charge >= 0.3 is 0 Å². The number of hydrogen-bond acceptors (Lipinski definition) is 3. The Labute approximate surface area is 107 Å². The van der Waals surface area contributed by atoms with Crippen molar-refractivity contribution in [2.45, 2.75) is 6.54 Å². The van der Waals surface area contributed by atoms with Crippen molar-refractivity contribution < 1.29 is 9.47 Å². The minimum absolute atomic E-state index is 0.515. The van der Waals surface area contributed by atoms with E-state index < -0.39 is 0 Å². The Morgan fingerprint density at radius 3 is 2.50 bits per heavy atom. The van der Waals surface area contributed by atoms with Gasteiger partial charge in [-0.1, -0.05) is 18.2 Å². The van der Waals surface area contributed by atoms with Crippen LogP contribution in [0.4, 0.5) is 0 Å². The molecular formula is C15H17NO2. The van der Waals surface area contributed by atoms with Crippen LogP contribution < -0.4 is 15.2 Å². The molecule has 0 unspecified atom stereocenters. The van der Waals surface area contributed by atoms with Gasteiger partial charge in [0, 0.05) is 12.1 Å². The molecule has 2 aromatic carbocycles. The van der Waals surface area contributed by atoms with E-state index in [1.807, 2.05) is 42.5 Å². The molecular weight excluding hydrogens is 226 g/mol. The van der Waals surface area contributed by atoms with Gasteiger partial charge in [-0.25, -0.2) is 0 Å². The van der Waals surface area contributed by atoms with Gasteiger partial charge in [0.1, 0.15) is 11.5 Å². The largest absolute Gasteiger partial charge is 0.497 e. The number of ether oxygens (including phenoxy) is 2. The first-order valence-electron chi connectivity index (χ1n) is 5.80. The Bertz CT molecular complexity index is 538. The van der Waals surface area contributed by atoms with E-state index in [-0.39, 0.29) is 0 Å². The van der Waals surface area contributed by atoms with Crippen LogP contribution in [0.15, 0.2) is 42.5 Å². The van der Waals surface area contributed by atoms with Crippen LogP contribution in [0.3, 0.4) is 0 Å². The van der Waals surface area contributed by atoms with Gasteiger partial charge in [-0.2, -0.15) is 0 Å². The van der Waals surface area contributed by atoms with Gasteiger partial charge < -0.3 is 15.2 Å². The molecule has 0 aliphatic heterocycles. The lowest BCUT2D eigenvalue weighted by Crippen LogP contribution is -1.97.